The van der Waals surface area contributed by atoms with Gasteiger partial charge in [0, 0.05) is 10.6 Å². The first-order valence-electron chi connectivity index (χ1n) is 5.43. The van der Waals surface area contributed by atoms with Crippen LogP contribution in [0.2, 0.25) is 5.02 Å². The number of benzene rings is 1. The van der Waals surface area contributed by atoms with Gasteiger partial charge in [0.05, 0.1) is 6.10 Å². The smallest absolute Gasteiger partial charge is 0.127 e. The van der Waals surface area contributed by atoms with E-state index in [1.807, 2.05) is 20.8 Å². The number of aryl methyl sites for hydroxylation is 1. The van der Waals surface area contributed by atoms with Crippen molar-refractivity contribution in [1.29, 1.82) is 0 Å². The predicted octanol–water partition coefficient (Wildman–Crippen LogP) is 4.26. The molecule has 0 aliphatic carbocycles. The molecular weight excluding hydrogens is 227 g/mol. The van der Waals surface area contributed by atoms with Crippen molar-refractivity contribution in [2.45, 2.75) is 40.2 Å². The van der Waals surface area contributed by atoms with Crippen LogP contribution in [0.5, 0.6) is 0 Å². The Balaban J connectivity index is 3.19. The minimum absolute atomic E-state index is 0.270. The number of aliphatic hydroxyl groups excluding tert-OH is 1. The minimum Gasteiger partial charge on any atom is -0.388 e. The van der Waals surface area contributed by atoms with Gasteiger partial charge in [0.1, 0.15) is 5.82 Å². The molecule has 0 radical (unpaired) electrons. The Hall–Kier alpha value is -0.600. The van der Waals surface area contributed by atoms with E-state index in [-0.39, 0.29) is 16.3 Å². The summed E-state index contributed by atoms with van der Waals surface area (Å²) in [5.41, 5.74) is 0.839. The topological polar surface area (TPSA) is 20.2 Å². The molecule has 1 aromatic rings. The summed E-state index contributed by atoms with van der Waals surface area (Å²) >= 11 is 5.96. The van der Waals surface area contributed by atoms with Gasteiger partial charge in [-0.25, -0.2) is 4.39 Å². The lowest BCUT2D eigenvalue weighted by molar-refractivity contribution is 0.0465. The van der Waals surface area contributed by atoms with Gasteiger partial charge in [0.25, 0.3) is 0 Å². The lowest BCUT2D eigenvalue weighted by Gasteiger charge is -2.30. The number of rotatable bonds is 3. The van der Waals surface area contributed by atoms with Crippen molar-refractivity contribution in [2.75, 3.05) is 0 Å². The Labute approximate surface area is 101 Å². The maximum absolute atomic E-state index is 13.2. The van der Waals surface area contributed by atoms with Crippen LogP contribution in [0.15, 0.2) is 12.1 Å². The normalized spacial score (nSPS) is 13.9. The van der Waals surface area contributed by atoms with Gasteiger partial charge in [-0.3, -0.25) is 0 Å². The van der Waals surface area contributed by atoms with Gasteiger partial charge < -0.3 is 5.11 Å². The highest BCUT2D eigenvalue weighted by Gasteiger charge is 2.29. The third kappa shape index (κ3) is 2.55. The molecular formula is C13H18ClFO. The summed E-state index contributed by atoms with van der Waals surface area (Å²) in [4.78, 5) is 0. The Morgan fingerprint density at radius 3 is 2.50 bits per heavy atom. The second kappa shape index (κ2) is 4.72. The van der Waals surface area contributed by atoms with Gasteiger partial charge in [-0.05, 0) is 36.5 Å². The summed E-state index contributed by atoms with van der Waals surface area (Å²) in [5, 5.41) is 10.5. The van der Waals surface area contributed by atoms with Crippen LogP contribution in [0.4, 0.5) is 4.39 Å². The molecule has 1 N–H and O–H groups in total. The third-order valence-corrected chi connectivity index (χ3v) is 3.55. The van der Waals surface area contributed by atoms with Gasteiger partial charge in [-0.15, -0.1) is 0 Å². The van der Waals surface area contributed by atoms with Crippen molar-refractivity contribution in [3.05, 3.63) is 34.1 Å². The van der Waals surface area contributed by atoms with Gasteiger partial charge >= 0.3 is 0 Å². The average Bonchev–Trinajstić information content (AvgIpc) is 2.22. The molecule has 1 aromatic carbocycles. The quantitative estimate of drug-likeness (QED) is 0.843. The molecule has 0 saturated carbocycles. The lowest BCUT2D eigenvalue weighted by Crippen LogP contribution is -2.21. The van der Waals surface area contributed by atoms with Crippen molar-refractivity contribution in [3.63, 3.8) is 0 Å². The van der Waals surface area contributed by atoms with E-state index in [1.165, 1.54) is 6.07 Å². The Bertz CT molecular complexity index is 388. The minimum atomic E-state index is -0.677. The number of aliphatic hydroxyl groups is 1. The second-order valence-electron chi connectivity index (χ2n) is 4.87. The summed E-state index contributed by atoms with van der Waals surface area (Å²) < 4.78 is 13.2. The van der Waals surface area contributed by atoms with E-state index in [1.54, 1.807) is 13.0 Å². The van der Waals surface area contributed by atoms with Crippen LogP contribution in [0.3, 0.4) is 0 Å². The monoisotopic (exact) mass is 244 g/mol. The molecule has 0 fully saturated rings. The molecule has 1 unspecified atom stereocenters. The average molecular weight is 245 g/mol. The zero-order valence-corrected chi connectivity index (χ0v) is 10.9. The van der Waals surface area contributed by atoms with Crippen molar-refractivity contribution < 1.29 is 9.50 Å². The maximum atomic E-state index is 13.2. The highest BCUT2D eigenvalue weighted by atomic mass is 35.5. The second-order valence-corrected chi connectivity index (χ2v) is 5.27. The summed E-state index contributed by atoms with van der Waals surface area (Å²) in [7, 11) is 0. The SMILES string of the molecule is CCC(C)(C)C(O)c1cc(C)c(F)cc1Cl. The molecule has 0 saturated heterocycles. The highest BCUT2D eigenvalue weighted by molar-refractivity contribution is 6.31. The van der Waals surface area contributed by atoms with Crippen molar-refractivity contribution >= 4 is 11.6 Å². The molecule has 90 valence electrons. The molecule has 0 aromatic heterocycles. The van der Waals surface area contributed by atoms with Crippen LogP contribution in [0, 0.1) is 18.2 Å². The van der Waals surface area contributed by atoms with E-state index in [9.17, 15) is 9.50 Å². The van der Waals surface area contributed by atoms with Crippen LogP contribution in [0.25, 0.3) is 0 Å². The van der Waals surface area contributed by atoms with E-state index in [0.29, 0.717) is 11.1 Å². The summed E-state index contributed by atoms with van der Waals surface area (Å²) in [5.74, 6) is -0.338. The molecule has 0 bridgehead atoms. The van der Waals surface area contributed by atoms with E-state index in [4.69, 9.17) is 11.6 Å². The lowest BCUT2D eigenvalue weighted by atomic mass is 9.80. The molecule has 1 atom stereocenters. The fraction of sp³-hybridized carbons (Fsp3) is 0.538. The van der Waals surface area contributed by atoms with E-state index in [2.05, 4.69) is 0 Å². The summed E-state index contributed by atoms with van der Waals surface area (Å²) in [6, 6.07) is 2.89. The third-order valence-electron chi connectivity index (χ3n) is 3.22. The Morgan fingerprint density at radius 1 is 1.44 bits per heavy atom. The van der Waals surface area contributed by atoms with Crippen molar-refractivity contribution in [2.24, 2.45) is 5.41 Å². The standard InChI is InChI=1S/C13H18ClFO/c1-5-13(3,4)12(16)9-6-8(2)11(15)7-10(9)14/h6-7,12,16H,5H2,1-4H3. The van der Waals surface area contributed by atoms with E-state index < -0.39 is 6.10 Å². The molecule has 1 nitrogen and oxygen atoms in total. The van der Waals surface area contributed by atoms with Crippen molar-refractivity contribution in [3.8, 4) is 0 Å². The van der Waals surface area contributed by atoms with Crippen LogP contribution in [0.1, 0.15) is 44.4 Å². The number of hydrogen-bond donors (Lipinski definition) is 1. The Kier molecular flexibility index (Phi) is 3.97. The first-order valence-corrected chi connectivity index (χ1v) is 5.81. The summed E-state index contributed by atoms with van der Waals surface area (Å²) in [6.07, 6.45) is 0.144. The van der Waals surface area contributed by atoms with Gasteiger partial charge in [0.15, 0.2) is 0 Å². The number of halogens is 2. The van der Waals surface area contributed by atoms with Crippen LogP contribution < -0.4 is 0 Å². The fourth-order valence-electron chi connectivity index (χ4n) is 1.50. The number of hydrogen-bond acceptors (Lipinski definition) is 1. The Morgan fingerprint density at radius 2 is 2.00 bits per heavy atom. The van der Waals surface area contributed by atoms with Gasteiger partial charge in [-0.2, -0.15) is 0 Å². The van der Waals surface area contributed by atoms with E-state index >= 15 is 0 Å². The molecule has 0 aliphatic rings. The fourth-order valence-corrected chi connectivity index (χ4v) is 1.76. The van der Waals surface area contributed by atoms with Crippen LogP contribution in [-0.4, -0.2) is 5.11 Å². The van der Waals surface area contributed by atoms with Crippen LogP contribution in [-0.2, 0) is 0 Å². The van der Waals surface area contributed by atoms with Gasteiger partial charge in [-0.1, -0.05) is 32.4 Å². The zero-order valence-electron chi connectivity index (χ0n) is 10.1. The zero-order chi connectivity index (χ0) is 12.5. The van der Waals surface area contributed by atoms with E-state index in [0.717, 1.165) is 6.42 Å². The van der Waals surface area contributed by atoms with Crippen LogP contribution >= 0.6 is 11.6 Å². The van der Waals surface area contributed by atoms with Gasteiger partial charge in [0.2, 0.25) is 0 Å². The summed E-state index contributed by atoms with van der Waals surface area (Å²) in [6.45, 7) is 7.60. The predicted molar refractivity (Wildman–Crippen MR) is 65.2 cm³/mol. The maximum Gasteiger partial charge on any atom is 0.127 e. The first kappa shape index (κ1) is 13.5. The van der Waals surface area contributed by atoms with Crippen molar-refractivity contribution in [1.82, 2.24) is 0 Å². The largest absolute Gasteiger partial charge is 0.388 e. The molecule has 3 heteroatoms. The molecule has 0 amide bonds. The molecule has 0 heterocycles. The molecule has 16 heavy (non-hydrogen) atoms. The highest BCUT2D eigenvalue weighted by Crippen LogP contribution is 2.39. The first-order chi connectivity index (χ1) is 7.29. The molecule has 0 aliphatic heterocycles. The molecule has 1 rings (SSSR count). The molecule has 0 spiro atoms.